The highest BCUT2D eigenvalue weighted by atomic mass is 16.2. The lowest BCUT2D eigenvalue weighted by Crippen LogP contribution is -2.47. The van der Waals surface area contributed by atoms with E-state index >= 15 is 0 Å². The highest BCUT2D eigenvalue weighted by molar-refractivity contribution is 5.98. The Labute approximate surface area is 151 Å². The standard InChI is InChI=1S/C20H31N3O2/c1-5-6-7-16-8-10-17(11-9-16)18(14(2)3)22-15(4)19(24)23-13-12-21-20(23)25/h8-11,14-15,18,22H,5-7,12-13H2,1-4H3,(H,21,25)/t15-,18-/m0/s1. The van der Waals surface area contributed by atoms with E-state index in [1.807, 2.05) is 6.92 Å². The fraction of sp³-hybridized carbons (Fsp3) is 0.600. The number of carbonyl (C=O) groups is 2. The smallest absolute Gasteiger partial charge is 0.324 e. The van der Waals surface area contributed by atoms with Crippen LogP contribution in [0.2, 0.25) is 0 Å². The zero-order chi connectivity index (χ0) is 18.4. The highest BCUT2D eigenvalue weighted by Gasteiger charge is 2.31. The minimum Gasteiger partial charge on any atom is -0.336 e. The van der Waals surface area contributed by atoms with E-state index in [0.717, 1.165) is 6.42 Å². The van der Waals surface area contributed by atoms with E-state index in [0.29, 0.717) is 19.0 Å². The lowest BCUT2D eigenvalue weighted by atomic mass is 9.93. The maximum absolute atomic E-state index is 12.5. The van der Waals surface area contributed by atoms with Gasteiger partial charge < -0.3 is 5.32 Å². The first kappa shape index (κ1) is 19.4. The number of urea groups is 1. The Hall–Kier alpha value is -1.88. The summed E-state index contributed by atoms with van der Waals surface area (Å²) in [5.74, 6) is 0.171. The molecule has 0 aromatic heterocycles. The Morgan fingerprint density at radius 1 is 1.24 bits per heavy atom. The van der Waals surface area contributed by atoms with Gasteiger partial charge in [-0.2, -0.15) is 0 Å². The van der Waals surface area contributed by atoms with Gasteiger partial charge in [0, 0.05) is 19.1 Å². The summed E-state index contributed by atoms with van der Waals surface area (Å²) in [5.41, 5.74) is 2.53. The zero-order valence-electron chi connectivity index (χ0n) is 15.8. The Morgan fingerprint density at radius 2 is 1.92 bits per heavy atom. The van der Waals surface area contributed by atoms with Gasteiger partial charge in [0.2, 0.25) is 5.91 Å². The van der Waals surface area contributed by atoms with E-state index in [-0.39, 0.29) is 18.0 Å². The largest absolute Gasteiger partial charge is 0.336 e. The van der Waals surface area contributed by atoms with Crippen molar-refractivity contribution >= 4 is 11.9 Å². The summed E-state index contributed by atoms with van der Waals surface area (Å²) in [6, 6.07) is 8.05. The number of hydrogen-bond donors (Lipinski definition) is 2. The molecule has 1 saturated heterocycles. The van der Waals surface area contributed by atoms with Crippen LogP contribution in [0.1, 0.15) is 57.7 Å². The van der Waals surface area contributed by atoms with Crippen LogP contribution in [0.15, 0.2) is 24.3 Å². The van der Waals surface area contributed by atoms with Crippen molar-refractivity contribution in [3.8, 4) is 0 Å². The molecule has 1 aliphatic rings. The monoisotopic (exact) mass is 345 g/mol. The molecule has 0 spiro atoms. The number of hydrogen-bond acceptors (Lipinski definition) is 3. The van der Waals surface area contributed by atoms with E-state index in [4.69, 9.17) is 0 Å². The fourth-order valence-electron chi connectivity index (χ4n) is 3.20. The molecule has 2 N–H and O–H groups in total. The van der Waals surface area contributed by atoms with E-state index in [1.165, 1.54) is 28.9 Å². The molecule has 25 heavy (non-hydrogen) atoms. The fourth-order valence-corrected chi connectivity index (χ4v) is 3.20. The SMILES string of the molecule is CCCCc1ccc([C@@H](N[C@@H](C)C(=O)N2CCNC2=O)C(C)C)cc1. The van der Waals surface area contributed by atoms with Gasteiger partial charge in [-0.1, -0.05) is 51.5 Å². The van der Waals surface area contributed by atoms with Crippen LogP contribution in [0.25, 0.3) is 0 Å². The van der Waals surface area contributed by atoms with Crippen molar-refractivity contribution in [2.45, 2.75) is 59.0 Å². The van der Waals surface area contributed by atoms with Crippen molar-refractivity contribution < 1.29 is 9.59 Å². The highest BCUT2D eigenvalue weighted by Crippen LogP contribution is 2.23. The van der Waals surface area contributed by atoms with Crippen molar-refractivity contribution in [2.75, 3.05) is 13.1 Å². The minimum atomic E-state index is -0.406. The third-order valence-corrected chi connectivity index (χ3v) is 4.75. The first-order valence-electron chi connectivity index (χ1n) is 9.38. The van der Waals surface area contributed by atoms with E-state index in [1.54, 1.807) is 0 Å². The summed E-state index contributed by atoms with van der Waals surface area (Å²) >= 11 is 0. The second-order valence-corrected chi connectivity index (χ2v) is 7.18. The number of carbonyl (C=O) groups excluding carboxylic acids is 2. The number of nitrogens with zero attached hydrogens (tertiary/aromatic N) is 1. The average Bonchev–Trinajstić information content (AvgIpc) is 3.03. The van der Waals surface area contributed by atoms with Crippen LogP contribution in [0, 0.1) is 5.92 Å². The summed E-state index contributed by atoms with van der Waals surface area (Å²) in [4.78, 5) is 25.5. The summed E-state index contributed by atoms with van der Waals surface area (Å²) < 4.78 is 0. The number of aryl methyl sites for hydroxylation is 1. The van der Waals surface area contributed by atoms with Crippen LogP contribution in [0.4, 0.5) is 4.79 Å². The van der Waals surface area contributed by atoms with Crippen LogP contribution in [-0.4, -0.2) is 36.0 Å². The van der Waals surface area contributed by atoms with Gasteiger partial charge in [0.25, 0.3) is 0 Å². The third kappa shape index (κ3) is 5.05. The molecule has 138 valence electrons. The number of unbranched alkanes of at least 4 members (excludes halogenated alkanes) is 1. The quantitative estimate of drug-likeness (QED) is 0.760. The second kappa shape index (κ2) is 8.99. The molecular formula is C20H31N3O2. The van der Waals surface area contributed by atoms with Gasteiger partial charge in [0.05, 0.1) is 6.04 Å². The number of benzene rings is 1. The van der Waals surface area contributed by atoms with Crippen LogP contribution in [0.3, 0.4) is 0 Å². The summed E-state index contributed by atoms with van der Waals surface area (Å²) in [6.45, 7) is 9.29. The van der Waals surface area contributed by atoms with Crippen molar-refractivity contribution in [3.05, 3.63) is 35.4 Å². The van der Waals surface area contributed by atoms with Crippen molar-refractivity contribution in [2.24, 2.45) is 5.92 Å². The molecule has 0 radical (unpaired) electrons. The Morgan fingerprint density at radius 3 is 2.44 bits per heavy atom. The molecule has 5 nitrogen and oxygen atoms in total. The maximum atomic E-state index is 12.5. The summed E-state index contributed by atoms with van der Waals surface area (Å²) in [5, 5.41) is 6.10. The molecule has 1 aromatic carbocycles. The van der Waals surface area contributed by atoms with Gasteiger partial charge in [-0.3, -0.25) is 15.0 Å². The maximum Gasteiger partial charge on any atom is 0.324 e. The molecule has 1 fully saturated rings. The van der Waals surface area contributed by atoms with Gasteiger partial charge in [-0.05, 0) is 36.8 Å². The van der Waals surface area contributed by atoms with Crippen molar-refractivity contribution in [3.63, 3.8) is 0 Å². The first-order chi connectivity index (χ1) is 11.9. The predicted molar refractivity (Wildman–Crippen MR) is 100 cm³/mol. The molecule has 0 aliphatic carbocycles. The van der Waals surface area contributed by atoms with Crippen LogP contribution in [0.5, 0.6) is 0 Å². The van der Waals surface area contributed by atoms with E-state index in [9.17, 15) is 9.59 Å². The molecule has 0 bridgehead atoms. The molecule has 2 rings (SSSR count). The molecule has 2 atom stereocenters. The lowest BCUT2D eigenvalue weighted by molar-refractivity contribution is -0.129. The Kier molecular flexibility index (Phi) is 7.00. The van der Waals surface area contributed by atoms with Crippen molar-refractivity contribution in [1.82, 2.24) is 15.5 Å². The van der Waals surface area contributed by atoms with E-state index in [2.05, 4.69) is 55.7 Å². The molecule has 0 saturated carbocycles. The van der Waals surface area contributed by atoms with Gasteiger partial charge in [-0.15, -0.1) is 0 Å². The Bertz CT molecular complexity index is 583. The number of rotatable bonds is 8. The average molecular weight is 345 g/mol. The molecule has 1 heterocycles. The molecule has 0 unspecified atom stereocenters. The third-order valence-electron chi connectivity index (χ3n) is 4.75. The molecule has 3 amide bonds. The lowest BCUT2D eigenvalue weighted by Gasteiger charge is -2.28. The normalized spacial score (nSPS) is 16.8. The number of amides is 3. The topological polar surface area (TPSA) is 61.4 Å². The van der Waals surface area contributed by atoms with Crippen LogP contribution in [-0.2, 0) is 11.2 Å². The van der Waals surface area contributed by atoms with Crippen LogP contribution < -0.4 is 10.6 Å². The molecular weight excluding hydrogens is 314 g/mol. The first-order valence-corrected chi connectivity index (χ1v) is 9.38. The van der Waals surface area contributed by atoms with Gasteiger partial charge in [-0.25, -0.2) is 4.79 Å². The molecule has 1 aromatic rings. The summed E-state index contributed by atoms with van der Waals surface area (Å²) in [7, 11) is 0. The number of imide groups is 1. The predicted octanol–water partition coefficient (Wildman–Crippen LogP) is 3.26. The van der Waals surface area contributed by atoms with Gasteiger partial charge in [0.1, 0.15) is 0 Å². The zero-order valence-corrected chi connectivity index (χ0v) is 15.8. The number of nitrogens with one attached hydrogen (secondary N) is 2. The molecule has 1 aliphatic heterocycles. The second-order valence-electron chi connectivity index (χ2n) is 7.18. The van der Waals surface area contributed by atoms with Gasteiger partial charge in [0.15, 0.2) is 0 Å². The van der Waals surface area contributed by atoms with E-state index < -0.39 is 6.04 Å². The van der Waals surface area contributed by atoms with Crippen LogP contribution >= 0.6 is 0 Å². The minimum absolute atomic E-state index is 0.0739. The van der Waals surface area contributed by atoms with Crippen molar-refractivity contribution in [1.29, 1.82) is 0 Å². The van der Waals surface area contributed by atoms with Gasteiger partial charge >= 0.3 is 6.03 Å². The molecule has 5 heteroatoms. The Balaban J connectivity index is 2.04. The summed E-state index contributed by atoms with van der Waals surface area (Å²) in [6.07, 6.45) is 3.51.